The summed E-state index contributed by atoms with van der Waals surface area (Å²) in [6, 6.07) is 11.3. The third-order valence-electron chi connectivity index (χ3n) is 5.35. The van der Waals surface area contributed by atoms with E-state index in [0.717, 1.165) is 42.5 Å². The zero-order valence-electron chi connectivity index (χ0n) is 13.3. The SMILES string of the molecule is Br.Oc1cccc([C@H]2CN[C@@H]3CCc4cc(O)c(O)cc4[C@H]3C2)c1. The van der Waals surface area contributed by atoms with Gasteiger partial charge in [0.15, 0.2) is 11.5 Å². The molecule has 0 saturated carbocycles. The highest BCUT2D eigenvalue weighted by molar-refractivity contribution is 8.93. The number of aromatic hydroxyl groups is 3. The molecular formula is C19H22BrNO3. The third kappa shape index (κ3) is 2.98. The first-order valence-electron chi connectivity index (χ1n) is 8.19. The van der Waals surface area contributed by atoms with Gasteiger partial charge < -0.3 is 20.6 Å². The fourth-order valence-corrected chi connectivity index (χ4v) is 4.18. The van der Waals surface area contributed by atoms with Gasteiger partial charge in [-0.05, 0) is 66.1 Å². The van der Waals surface area contributed by atoms with Crippen molar-refractivity contribution in [1.82, 2.24) is 5.32 Å². The second-order valence-electron chi connectivity index (χ2n) is 6.73. The van der Waals surface area contributed by atoms with Crippen LogP contribution in [0.5, 0.6) is 17.2 Å². The van der Waals surface area contributed by atoms with E-state index in [1.54, 1.807) is 18.2 Å². The summed E-state index contributed by atoms with van der Waals surface area (Å²) in [7, 11) is 0. The van der Waals surface area contributed by atoms with Gasteiger partial charge in [-0.1, -0.05) is 12.1 Å². The molecule has 0 bridgehead atoms. The Morgan fingerprint density at radius 2 is 1.79 bits per heavy atom. The number of aryl methyl sites for hydroxylation is 1. The minimum Gasteiger partial charge on any atom is -0.508 e. The van der Waals surface area contributed by atoms with Crippen molar-refractivity contribution in [3.8, 4) is 17.2 Å². The lowest BCUT2D eigenvalue weighted by Gasteiger charge is -2.41. The quantitative estimate of drug-likeness (QED) is 0.560. The lowest BCUT2D eigenvalue weighted by molar-refractivity contribution is 0.291. The predicted octanol–water partition coefficient (Wildman–Crippen LogP) is 3.56. The number of phenolic OH excluding ortho intramolecular Hbond substituents is 3. The van der Waals surface area contributed by atoms with Crippen molar-refractivity contribution in [3.05, 3.63) is 53.1 Å². The van der Waals surface area contributed by atoms with Crippen LogP contribution in [0.2, 0.25) is 0 Å². The van der Waals surface area contributed by atoms with Gasteiger partial charge in [-0.2, -0.15) is 0 Å². The molecule has 0 radical (unpaired) electrons. The fraction of sp³-hybridized carbons (Fsp3) is 0.368. The molecular weight excluding hydrogens is 370 g/mol. The highest BCUT2D eigenvalue weighted by Crippen LogP contribution is 2.44. The molecule has 1 aliphatic heterocycles. The first-order valence-corrected chi connectivity index (χ1v) is 8.19. The molecule has 0 aromatic heterocycles. The van der Waals surface area contributed by atoms with Crippen LogP contribution in [0.15, 0.2) is 36.4 Å². The van der Waals surface area contributed by atoms with Crippen molar-refractivity contribution in [2.24, 2.45) is 0 Å². The van der Waals surface area contributed by atoms with Crippen LogP contribution in [-0.2, 0) is 6.42 Å². The normalized spacial score (nSPS) is 25.2. The van der Waals surface area contributed by atoms with Gasteiger partial charge in [-0.25, -0.2) is 0 Å². The molecule has 1 saturated heterocycles. The molecule has 3 atom stereocenters. The molecule has 0 spiro atoms. The van der Waals surface area contributed by atoms with E-state index in [4.69, 9.17) is 0 Å². The Labute approximate surface area is 151 Å². The smallest absolute Gasteiger partial charge is 0.157 e. The molecule has 4 rings (SSSR count). The first kappa shape index (κ1) is 17.1. The van der Waals surface area contributed by atoms with E-state index in [-0.39, 0.29) is 28.5 Å². The van der Waals surface area contributed by atoms with Crippen molar-refractivity contribution in [2.45, 2.75) is 37.1 Å². The summed E-state index contributed by atoms with van der Waals surface area (Å²) in [5, 5.41) is 33.0. The van der Waals surface area contributed by atoms with E-state index in [1.165, 1.54) is 0 Å². The van der Waals surface area contributed by atoms with E-state index in [9.17, 15) is 15.3 Å². The van der Waals surface area contributed by atoms with Crippen molar-refractivity contribution in [2.75, 3.05) is 6.54 Å². The van der Waals surface area contributed by atoms with E-state index in [2.05, 4.69) is 11.4 Å². The molecule has 2 aromatic carbocycles. The van der Waals surface area contributed by atoms with Crippen molar-refractivity contribution in [3.63, 3.8) is 0 Å². The van der Waals surface area contributed by atoms with Crippen LogP contribution in [0.1, 0.15) is 41.4 Å². The largest absolute Gasteiger partial charge is 0.508 e. The summed E-state index contributed by atoms with van der Waals surface area (Å²) in [6.45, 7) is 0.907. The van der Waals surface area contributed by atoms with Gasteiger partial charge in [0.2, 0.25) is 0 Å². The van der Waals surface area contributed by atoms with Gasteiger partial charge in [-0.15, -0.1) is 17.0 Å². The number of rotatable bonds is 1. The topological polar surface area (TPSA) is 72.7 Å². The maximum Gasteiger partial charge on any atom is 0.157 e. The monoisotopic (exact) mass is 391 g/mol. The number of benzene rings is 2. The minimum absolute atomic E-state index is 0. The average Bonchev–Trinajstić information content (AvgIpc) is 2.55. The minimum atomic E-state index is -0.0381. The Morgan fingerprint density at radius 3 is 2.58 bits per heavy atom. The van der Waals surface area contributed by atoms with Crippen molar-refractivity contribution < 1.29 is 15.3 Å². The van der Waals surface area contributed by atoms with Crippen molar-refractivity contribution in [1.29, 1.82) is 0 Å². The molecule has 2 aromatic rings. The summed E-state index contributed by atoms with van der Waals surface area (Å²) in [5.41, 5.74) is 3.43. The Bertz CT molecular complexity index is 749. The van der Waals surface area contributed by atoms with Crippen LogP contribution in [0.25, 0.3) is 0 Å². The van der Waals surface area contributed by atoms with Gasteiger partial charge in [0.25, 0.3) is 0 Å². The second kappa shape index (κ2) is 6.65. The Kier molecular flexibility index (Phi) is 4.74. The molecule has 0 amide bonds. The molecule has 128 valence electrons. The molecule has 1 heterocycles. The predicted molar refractivity (Wildman–Crippen MR) is 98.4 cm³/mol. The fourth-order valence-electron chi connectivity index (χ4n) is 4.18. The van der Waals surface area contributed by atoms with Crippen LogP contribution >= 0.6 is 17.0 Å². The first-order chi connectivity index (χ1) is 11.1. The highest BCUT2D eigenvalue weighted by Gasteiger charge is 2.36. The van der Waals surface area contributed by atoms with Gasteiger partial charge >= 0.3 is 0 Å². The molecule has 4 N–H and O–H groups in total. The number of hydrogen-bond acceptors (Lipinski definition) is 4. The van der Waals surface area contributed by atoms with E-state index < -0.39 is 0 Å². The number of hydrogen-bond donors (Lipinski definition) is 4. The molecule has 2 aliphatic rings. The van der Waals surface area contributed by atoms with Gasteiger partial charge in [-0.3, -0.25) is 0 Å². The molecule has 5 heteroatoms. The summed E-state index contributed by atoms with van der Waals surface area (Å²) in [5.74, 6) is 0.896. The summed E-state index contributed by atoms with van der Waals surface area (Å²) in [4.78, 5) is 0. The van der Waals surface area contributed by atoms with Crippen LogP contribution in [-0.4, -0.2) is 27.9 Å². The zero-order chi connectivity index (χ0) is 16.0. The molecule has 1 aliphatic carbocycles. The molecule has 1 fully saturated rings. The maximum absolute atomic E-state index is 9.88. The van der Waals surface area contributed by atoms with Crippen LogP contribution in [0.3, 0.4) is 0 Å². The van der Waals surface area contributed by atoms with E-state index >= 15 is 0 Å². The van der Waals surface area contributed by atoms with Crippen LogP contribution in [0, 0.1) is 0 Å². The lowest BCUT2D eigenvalue weighted by Crippen LogP contribution is -2.45. The highest BCUT2D eigenvalue weighted by atomic mass is 79.9. The van der Waals surface area contributed by atoms with Crippen LogP contribution in [0.4, 0.5) is 0 Å². The number of fused-ring (bicyclic) bond motifs is 3. The maximum atomic E-state index is 9.88. The molecule has 24 heavy (non-hydrogen) atoms. The molecule has 4 nitrogen and oxygen atoms in total. The summed E-state index contributed by atoms with van der Waals surface area (Å²) < 4.78 is 0. The Morgan fingerprint density at radius 1 is 1.00 bits per heavy atom. The molecule has 0 unspecified atom stereocenters. The number of halogens is 1. The number of phenols is 3. The van der Waals surface area contributed by atoms with Gasteiger partial charge in [0, 0.05) is 18.5 Å². The summed E-state index contributed by atoms with van der Waals surface area (Å²) in [6.07, 6.45) is 2.96. The van der Waals surface area contributed by atoms with Gasteiger partial charge in [0.05, 0.1) is 0 Å². The summed E-state index contributed by atoms with van der Waals surface area (Å²) >= 11 is 0. The van der Waals surface area contributed by atoms with Gasteiger partial charge in [0.1, 0.15) is 5.75 Å². The Balaban J connectivity index is 0.00000169. The average molecular weight is 392 g/mol. The standard InChI is InChI=1S/C19H21NO3.BrH/c21-14-3-1-2-11(6-14)13-7-16-15-9-19(23)18(22)8-12(15)4-5-17(16)20-10-13;/h1-3,6,8-9,13,16-17,20-23H,4-5,7,10H2;1H/t13-,16-,17-;/m1./s1. The van der Waals surface area contributed by atoms with Crippen LogP contribution < -0.4 is 5.32 Å². The Hall–Kier alpha value is -1.72. The zero-order valence-corrected chi connectivity index (χ0v) is 15.0. The lowest BCUT2D eigenvalue weighted by atomic mass is 9.71. The third-order valence-corrected chi connectivity index (χ3v) is 5.35. The van der Waals surface area contributed by atoms with Crippen molar-refractivity contribution >= 4 is 17.0 Å². The van der Waals surface area contributed by atoms with E-state index in [1.807, 2.05) is 12.1 Å². The number of piperidine rings is 1. The van der Waals surface area contributed by atoms with E-state index in [0.29, 0.717) is 23.6 Å². The second-order valence-corrected chi connectivity index (χ2v) is 6.73. The number of nitrogens with one attached hydrogen (secondary N) is 1.